The summed E-state index contributed by atoms with van der Waals surface area (Å²) in [7, 11) is 1.66. The van der Waals surface area contributed by atoms with Gasteiger partial charge in [0.05, 0.1) is 26.3 Å². The molecule has 0 radical (unpaired) electrons. The van der Waals surface area contributed by atoms with Crippen LogP contribution in [0.3, 0.4) is 0 Å². The van der Waals surface area contributed by atoms with E-state index in [2.05, 4.69) is 47.2 Å². The first-order chi connectivity index (χ1) is 15.5. The van der Waals surface area contributed by atoms with Gasteiger partial charge in [-0.1, -0.05) is 38.1 Å². The lowest BCUT2D eigenvalue weighted by atomic mass is 9.96. The molecule has 1 N–H and O–H groups in total. The Kier molecular flexibility index (Phi) is 7.33. The van der Waals surface area contributed by atoms with Gasteiger partial charge in [-0.05, 0) is 40.8 Å². The molecule has 1 fully saturated rings. The summed E-state index contributed by atoms with van der Waals surface area (Å²) in [6, 6.07) is 14.5. The molecule has 0 spiro atoms. The van der Waals surface area contributed by atoms with Gasteiger partial charge in [-0.2, -0.15) is 0 Å². The van der Waals surface area contributed by atoms with Crippen LogP contribution in [0.15, 0.2) is 42.5 Å². The molecule has 0 aliphatic carbocycles. The highest BCUT2D eigenvalue weighted by atomic mass is 16.5. The smallest absolute Gasteiger partial charge is 0.234 e. The minimum atomic E-state index is -0.00140. The number of ether oxygens (including phenoxy) is 2. The standard InChI is InChI=1S/C26H35N3O3/c1-19(2)26(21-5-7-23(31-3)8-6-21)27-25(30)18-29-13-11-28(12-14-29)17-20-4-9-24-22(16-20)10-15-32-24/h4-9,16,19,26H,10-15,17-18H2,1-3H3,(H,27,30). The summed E-state index contributed by atoms with van der Waals surface area (Å²) in [4.78, 5) is 17.5. The number of piperazine rings is 1. The van der Waals surface area contributed by atoms with Crippen molar-refractivity contribution < 1.29 is 14.3 Å². The van der Waals surface area contributed by atoms with Gasteiger partial charge in [-0.25, -0.2) is 0 Å². The van der Waals surface area contributed by atoms with Gasteiger partial charge >= 0.3 is 0 Å². The average molecular weight is 438 g/mol. The fraction of sp³-hybridized carbons (Fsp3) is 0.500. The SMILES string of the molecule is COc1ccc(C(NC(=O)CN2CCN(Cc3ccc4c(c3)CCO4)CC2)C(C)C)cc1. The van der Waals surface area contributed by atoms with Gasteiger partial charge in [-0.15, -0.1) is 0 Å². The molecule has 2 aliphatic heterocycles. The minimum Gasteiger partial charge on any atom is -0.497 e. The maximum Gasteiger partial charge on any atom is 0.234 e. The summed E-state index contributed by atoms with van der Waals surface area (Å²) in [5.74, 6) is 2.26. The second-order valence-electron chi connectivity index (χ2n) is 9.16. The molecule has 2 aliphatic rings. The van der Waals surface area contributed by atoms with Gasteiger partial charge in [0, 0.05) is 39.1 Å². The maximum absolute atomic E-state index is 12.8. The second kappa shape index (κ2) is 10.4. The number of nitrogens with one attached hydrogen (secondary N) is 1. The van der Waals surface area contributed by atoms with E-state index in [9.17, 15) is 4.79 Å². The second-order valence-corrected chi connectivity index (χ2v) is 9.16. The number of carbonyl (C=O) groups is 1. The Morgan fingerprint density at radius 3 is 2.47 bits per heavy atom. The van der Waals surface area contributed by atoms with E-state index in [4.69, 9.17) is 9.47 Å². The van der Waals surface area contributed by atoms with Crippen LogP contribution >= 0.6 is 0 Å². The van der Waals surface area contributed by atoms with Crippen LogP contribution in [0.25, 0.3) is 0 Å². The van der Waals surface area contributed by atoms with E-state index < -0.39 is 0 Å². The number of hydrogen-bond acceptors (Lipinski definition) is 5. The molecule has 6 nitrogen and oxygen atoms in total. The van der Waals surface area contributed by atoms with Gasteiger partial charge in [0.25, 0.3) is 0 Å². The van der Waals surface area contributed by atoms with E-state index in [0.717, 1.165) is 62.8 Å². The molecular formula is C26H35N3O3. The van der Waals surface area contributed by atoms with Crippen molar-refractivity contribution in [2.24, 2.45) is 5.92 Å². The van der Waals surface area contributed by atoms with Crippen LogP contribution < -0.4 is 14.8 Å². The predicted molar refractivity (Wildman–Crippen MR) is 126 cm³/mol. The molecule has 1 unspecified atom stereocenters. The highest BCUT2D eigenvalue weighted by Crippen LogP contribution is 2.27. The van der Waals surface area contributed by atoms with Crippen LogP contribution in [-0.4, -0.2) is 62.1 Å². The highest BCUT2D eigenvalue weighted by Gasteiger charge is 2.23. The van der Waals surface area contributed by atoms with Crippen LogP contribution in [0, 0.1) is 5.92 Å². The lowest BCUT2D eigenvalue weighted by Gasteiger charge is -2.35. The van der Waals surface area contributed by atoms with Crippen LogP contribution in [-0.2, 0) is 17.8 Å². The minimum absolute atomic E-state index is 0.00140. The molecule has 172 valence electrons. The van der Waals surface area contributed by atoms with Crippen molar-refractivity contribution in [3.63, 3.8) is 0 Å². The van der Waals surface area contributed by atoms with Crippen molar-refractivity contribution in [3.05, 3.63) is 59.2 Å². The monoisotopic (exact) mass is 437 g/mol. The van der Waals surface area contributed by atoms with E-state index >= 15 is 0 Å². The van der Waals surface area contributed by atoms with Gasteiger partial charge in [0.2, 0.25) is 5.91 Å². The van der Waals surface area contributed by atoms with E-state index in [1.54, 1.807) is 7.11 Å². The molecular weight excluding hydrogens is 402 g/mol. The Bertz CT molecular complexity index is 905. The summed E-state index contributed by atoms with van der Waals surface area (Å²) < 4.78 is 10.9. The van der Waals surface area contributed by atoms with Crippen molar-refractivity contribution in [1.82, 2.24) is 15.1 Å². The Hall–Kier alpha value is -2.57. The van der Waals surface area contributed by atoms with Crippen molar-refractivity contribution in [3.8, 4) is 11.5 Å². The fourth-order valence-electron chi connectivity index (χ4n) is 4.57. The number of benzene rings is 2. The topological polar surface area (TPSA) is 54.0 Å². The molecule has 1 amide bonds. The third-order valence-corrected chi connectivity index (χ3v) is 6.45. The zero-order valence-electron chi connectivity index (χ0n) is 19.5. The Labute approximate surface area is 191 Å². The number of amides is 1. The normalized spacial score (nSPS) is 17.6. The third kappa shape index (κ3) is 5.61. The molecule has 2 heterocycles. The molecule has 4 rings (SSSR count). The number of nitrogens with zero attached hydrogens (tertiary/aromatic N) is 2. The van der Waals surface area contributed by atoms with Crippen LogP contribution in [0.2, 0.25) is 0 Å². The quantitative estimate of drug-likeness (QED) is 0.687. The number of fused-ring (bicyclic) bond motifs is 1. The van der Waals surface area contributed by atoms with Crippen molar-refractivity contribution in [2.75, 3.05) is 46.4 Å². The Morgan fingerprint density at radius 2 is 1.78 bits per heavy atom. The van der Waals surface area contributed by atoms with E-state index in [-0.39, 0.29) is 11.9 Å². The predicted octanol–water partition coefficient (Wildman–Crippen LogP) is 3.26. The Morgan fingerprint density at radius 1 is 1.06 bits per heavy atom. The van der Waals surface area contributed by atoms with Crippen molar-refractivity contribution in [2.45, 2.75) is 32.9 Å². The Balaban J connectivity index is 1.25. The first-order valence-electron chi connectivity index (χ1n) is 11.6. The largest absolute Gasteiger partial charge is 0.497 e. The fourth-order valence-corrected chi connectivity index (χ4v) is 4.57. The van der Waals surface area contributed by atoms with E-state index in [1.807, 2.05) is 24.3 Å². The first-order valence-corrected chi connectivity index (χ1v) is 11.6. The first kappa shape index (κ1) is 22.6. The molecule has 32 heavy (non-hydrogen) atoms. The zero-order chi connectivity index (χ0) is 22.5. The summed E-state index contributed by atoms with van der Waals surface area (Å²) in [5, 5.41) is 3.25. The lowest BCUT2D eigenvalue weighted by Crippen LogP contribution is -2.49. The van der Waals surface area contributed by atoms with Crippen molar-refractivity contribution >= 4 is 5.91 Å². The zero-order valence-corrected chi connectivity index (χ0v) is 19.5. The average Bonchev–Trinajstić information content (AvgIpc) is 3.27. The highest BCUT2D eigenvalue weighted by molar-refractivity contribution is 5.78. The molecule has 6 heteroatoms. The van der Waals surface area contributed by atoms with E-state index in [0.29, 0.717) is 12.5 Å². The molecule has 0 saturated carbocycles. The molecule has 1 atom stereocenters. The molecule has 2 aromatic rings. The summed E-state index contributed by atoms with van der Waals surface area (Å²) in [6.07, 6.45) is 1.01. The van der Waals surface area contributed by atoms with Crippen LogP contribution in [0.1, 0.15) is 36.6 Å². The molecule has 1 saturated heterocycles. The molecule has 2 aromatic carbocycles. The van der Waals surface area contributed by atoms with Gasteiger partial charge < -0.3 is 14.8 Å². The summed E-state index contributed by atoms with van der Waals surface area (Å²) in [5.41, 5.74) is 3.78. The number of carbonyl (C=O) groups excluding carboxylic acids is 1. The third-order valence-electron chi connectivity index (χ3n) is 6.45. The molecule has 0 aromatic heterocycles. The number of methoxy groups -OCH3 is 1. The maximum atomic E-state index is 12.8. The van der Waals surface area contributed by atoms with Crippen LogP contribution in [0.5, 0.6) is 11.5 Å². The number of hydrogen-bond donors (Lipinski definition) is 1. The van der Waals surface area contributed by atoms with Gasteiger partial charge in [0.1, 0.15) is 11.5 Å². The number of rotatable bonds is 8. The lowest BCUT2D eigenvalue weighted by molar-refractivity contribution is -0.123. The summed E-state index contributed by atoms with van der Waals surface area (Å²) in [6.45, 7) is 10.3. The van der Waals surface area contributed by atoms with Crippen molar-refractivity contribution in [1.29, 1.82) is 0 Å². The van der Waals surface area contributed by atoms with E-state index in [1.165, 1.54) is 11.1 Å². The van der Waals surface area contributed by atoms with Gasteiger partial charge in [-0.3, -0.25) is 14.6 Å². The van der Waals surface area contributed by atoms with Gasteiger partial charge in [0.15, 0.2) is 0 Å². The van der Waals surface area contributed by atoms with Crippen LogP contribution in [0.4, 0.5) is 0 Å². The summed E-state index contributed by atoms with van der Waals surface area (Å²) >= 11 is 0. The molecule has 0 bridgehead atoms.